The molecule has 73 heavy (non-hydrogen) atoms. The molecule has 0 saturated carbocycles. The van der Waals surface area contributed by atoms with Crippen LogP contribution in [0.25, 0.3) is 0 Å². The average Bonchev–Trinajstić information content (AvgIpc) is 3.62. The molecule has 0 radical (unpaired) electrons. The number of carbonyl (C=O) groups is 2. The second kappa shape index (κ2) is 39.8. The molecule has 1 aromatic rings. The molecule has 1 aliphatic heterocycles. The molecule has 7 N–H and O–H groups in total. The molecule has 0 aromatic carbocycles. The summed E-state index contributed by atoms with van der Waals surface area (Å²) in [6, 6.07) is 1.24. The van der Waals surface area contributed by atoms with Gasteiger partial charge in [-0.1, -0.05) is 152 Å². The number of nitrogen functional groups attached to an aromatic ring is 1. The lowest BCUT2D eigenvalue weighted by Crippen LogP contribution is -2.36. The minimum atomic E-state index is -5.45. The van der Waals surface area contributed by atoms with E-state index in [1.54, 1.807) is 12.2 Å². The predicted molar refractivity (Wildman–Crippen MR) is 281 cm³/mol. The Kier molecular flexibility index (Phi) is 35.7. The van der Waals surface area contributed by atoms with Gasteiger partial charge >= 0.3 is 33.3 Å². The molecule has 416 valence electrons. The number of nitrogens with zero attached hydrogens (tertiary/aromatic N) is 2. The highest BCUT2D eigenvalue weighted by atomic mass is 31.3. The molecule has 21 heteroatoms. The summed E-state index contributed by atoms with van der Waals surface area (Å²) in [5.41, 5.74) is 4.58. The third-order valence-corrected chi connectivity index (χ3v) is 14.3. The van der Waals surface area contributed by atoms with Crippen LogP contribution in [-0.4, -0.2) is 96.9 Å². The van der Waals surface area contributed by atoms with Crippen LogP contribution >= 0.6 is 15.6 Å². The summed E-state index contributed by atoms with van der Waals surface area (Å²) in [5, 5.41) is 31.0. The zero-order valence-corrected chi connectivity index (χ0v) is 45.1. The van der Waals surface area contributed by atoms with E-state index in [2.05, 4.69) is 41.4 Å². The Balaban J connectivity index is 1.83. The molecule has 2 unspecified atom stereocenters. The largest absolute Gasteiger partial charge is 0.481 e. The maximum absolute atomic E-state index is 12.9. The van der Waals surface area contributed by atoms with Gasteiger partial charge in [0.1, 0.15) is 30.7 Å². The summed E-state index contributed by atoms with van der Waals surface area (Å²) < 4.78 is 56.7. The third-order valence-electron chi connectivity index (χ3n) is 11.7. The Morgan fingerprint density at radius 1 is 0.726 bits per heavy atom. The number of esters is 2. The molecule has 0 spiro atoms. The van der Waals surface area contributed by atoms with Crippen LogP contribution in [0.5, 0.6) is 0 Å². The van der Waals surface area contributed by atoms with Crippen molar-refractivity contribution in [1.82, 2.24) is 9.55 Å². The van der Waals surface area contributed by atoms with Crippen LogP contribution in [0, 0.1) is 0 Å². The van der Waals surface area contributed by atoms with Gasteiger partial charge < -0.3 is 45.1 Å². The van der Waals surface area contributed by atoms with Crippen molar-refractivity contribution in [3.8, 4) is 0 Å². The summed E-state index contributed by atoms with van der Waals surface area (Å²) in [4.78, 5) is 61.9. The predicted octanol–water partition coefficient (Wildman–Crippen LogP) is 10.1. The highest BCUT2D eigenvalue weighted by Crippen LogP contribution is 2.60. The zero-order chi connectivity index (χ0) is 53.6. The van der Waals surface area contributed by atoms with E-state index < -0.39 is 89.8 Å². The van der Waals surface area contributed by atoms with Crippen molar-refractivity contribution in [1.29, 1.82) is 0 Å². The lowest BCUT2D eigenvalue weighted by molar-refractivity contribution is -0.161. The summed E-state index contributed by atoms with van der Waals surface area (Å²) in [6.45, 7) is 1.99. The smallest absolute Gasteiger partial charge is 0.462 e. The maximum Gasteiger partial charge on any atom is 0.481 e. The molecule has 8 atom stereocenters. The first-order valence-electron chi connectivity index (χ1n) is 26.4. The summed E-state index contributed by atoms with van der Waals surface area (Å²) in [7, 11) is -10.9. The van der Waals surface area contributed by atoms with Gasteiger partial charge in [0.15, 0.2) is 12.3 Å². The quantitative estimate of drug-likeness (QED) is 0.0117. The van der Waals surface area contributed by atoms with Gasteiger partial charge in [-0.25, -0.2) is 13.9 Å². The second-order valence-electron chi connectivity index (χ2n) is 18.2. The van der Waals surface area contributed by atoms with Crippen LogP contribution in [0.4, 0.5) is 5.82 Å². The Morgan fingerprint density at radius 3 is 1.96 bits per heavy atom. The van der Waals surface area contributed by atoms with E-state index in [1.807, 2.05) is 30.4 Å². The number of aliphatic hydroxyl groups is 3. The topological polar surface area (TPSA) is 286 Å². The van der Waals surface area contributed by atoms with Crippen molar-refractivity contribution in [2.75, 3.05) is 25.6 Å². The lowest BCUT2D eigenvalue weighted by Gasteiger charge is -2.21. The van der Waals surface area contributed by atoms with Crippen molar-refractivity contribution in [3.63, 3.8) is 0 Å². The Hall–Kier alpha value is -3.58. The summed E-state index contributed by atoms with van der Waals surface area (Å²) in [6.07, 6.45) is 36.1. The highest BCUT2D eigenvalue weighted by Gasteiger charge is 2.46. The number of allylic oxidation sites excluding steroid dienone is 8. The molecule has 0 aliphatic carbocycles. The fourth-order valence-corrected chi connectivity index (χ4v) is 9.61. The number of nitrogens with two attached hydrogens (primary N) is 1. The minimum absolute atomic E-state index is 0.0602. The number of carbonyl (C=O) groups excluding carboxylic acids is 2. The number of phosphoric acid groups is 2. The molecular weight excluding hydrogens is 985 g/mol. The van der Waals surface area contributed by atoms with Crippen LogP contribution < -0.4 is 11.4 Å². The molecule has 1 fully saturated rings. The molecule has 1 aromatic heterocycles. The fourth-order valence-electron chi connectivity index (χ4n) is 7.50. The maximum atomic E-state index is 12.9. The minimum Gasteiger partial charge on any atom is -0.462 e. The van der Waals surface area contributed by atoms with Gasteiger partial charge in [-0.15, -0.1) is 0 Å². The lowest BCUT2D eigenvalue weighted by atomic mass is 10.1. The number of anilines is 1. The van der Waals surface area contributed by atoms with E-state index in [9.17, 15) is 48.6 Å². The number of unbranched alkanes of at least 4 members (excludes halogenated alkanes) is 17. The van der Waals surface area contributed by atoms with Crippen molar-refractivity contribution in [2.45, 2.75) is 211 Å². The van der Waals surface area contributed by atoms with Gasteiger partial charge in [-0.2, -0.15) is 9.29 Å². The first-order chi connectivity index (χ1) is 35.1. The second-order valence-corrected chi connectivity index (χ2v) is 21.3. The molecule has 1 aliphatic rings. The van der Waals surface area contributed by atoms with Crippen molar-refractivity contribution in [3.05, 3.63) is 83.5 Å². The molecule has 0 amide bonds. The van der Waals surface area contributed by atoms with Crippen LogP contribution in [0.3, 0.4) is 0 Å². The van der Waals surface area contributed by atoms with E-state index in [-0.39, 0.29) is 18.7 Å². The van der Waals surface area contributed by atoms with Gasteiger partial charge in [0.25, 0.3) is 0 Å². The SMILES string of the molecule is CCCCC/C=C\C[C@H](O)/C=C/C=C\C/C=C\CCCC(=O)O[C@H](COC(=O)CCCCCCCCC/C=C\CCCCCCCC)COP(=O)(O)OP(=O)(O)OC[C@H]1O[C@@H](n2ccc(N)nc2=O)[C@H](O)[C@@H]1O. The van der Waals surface area contributed by atoms with E-state index in [4.69, 9.17) is 29.0 Å². The number of aromatic nitrogens is 2. The van der Waals surface area contributed by atoms with Crippen molar-refractivity contribution in [2.24, 2.45) is 0 Å². The average molecular weight is 1070 g/mol. The Morgan fingerprint density at radius 2 is 1.29 bits per heavy atom. The summed E-state index contributed by atoms with van der Waals surface area (Å²) >= 11 is 0. The van der Waals surface area contributed by atoms with E-state index >= 15 is 0 Å². The normalized spacial score (nSPS) is 19.9. The molecule has 0 bridgehead atoms. The monoisotopic (exact) mass is 1070 g/mol. The van der Waals surface area contributed by atoms with Gasteiger partial charge in [-0.05, 0) is 76.7 Å². The highest BCUT2D eigenvalue weighted by molar-refractivity contribution is 7.61. The number of hydrogen-bond donors (Lipinski definition) is 6. The Labute approximate surface area is 433 Å². The third kappa shape index (κ3) is 32.5. The molecule has 1 saturated heterocycles. The number of ether oxygens (including phenoxy) is 3. The van der Waals surface area contributed by atoms with Gasteiger partial charge in [0.05, 0.1) is 19.3 Å². The number of phosphoric ester groups is 2. The first-order valence-corrected chi connectivity index (χ1v) is 29.4. The molecule has 2 heterocycles. The number of aliphatic hydroxyl groups excluding tert-OH is 3. The van der Waals surface area contributed by atoms with E-state index in [0.717, 1.165) is 75.0 Å². The zero-order valence-electron chi connectivity index (χ0n) is 43.3. The van der Waals surface area contributed by atoms with Crippen molar-refractivity contribution < 1.29 is 71.4 Å². The van der Waals surface area contributed by atoms with E-state index in [1.165, 1.54) is 57.4 Å². The van der Waals surface area contributed by atoms with E-state index in [0.29, 0.717) is 32.1 Å². The van der Waals surface area contributed by atoms with Gasteiger partial charge in [0.2, 0.25) is 0 Å². The molecule has 2 rings (SSSR count). The van der Waals surface area contributed by atoms with Gasteiger partial charge in [-0.3, -0.25) is 23.2 Å². The van der Waals surface area contributed by atoms with Crippen LogP contribution in [0.2, 0.25) is 0 Å². The van der Waals surface area contributed by atoms with Gasteiger partial charge in [0, 0.05) is 19.0 Å². The van der Waals surface area contributed by atoms with Crippen LogP contribution in [0.15, 0.2) is 77.8 Å². The standard InChI is InChI=1S/C52H87N3O16P2/c1-3-5-7-9-11-12-13-14-15-16-17-18-19-20-24-28-32-36-47(57)66-40-44(69-48(58)37-33-29-25-22-21-23-27-31-35-43(56)34-30-26-10-8-6-4-2)41-67-72(62,63)71-73(64,65)68-42-45-49(59)50(60)51(70-45)55-39-38-46(53)54-52(55)61/h14-15,22-23,25-27,30-31,35,38-39,43-45,49-51,56,59-60H,3-13,16-21,24,28-29,32-34,36-37,40-42H2,1-2H3,(H,62,63)(H,64,65)(H2,53,54,61)/b15-14-,25-22-,27-23-,30-26-,35-31+/t43-,44+,45+,49+,50+,51+/m0/s1. The van der Waals surface area contributed by atoms with Crippen molar-refractivity contribution >= 4 is 33.4 Å². The van der Waals surface area contributed by atoms with Crippen LogP contribution in [-0.2, 0) is 46.3 Å². The fraction of sp³-hybridized carbons (Fsp3) is 0.692. The van der Waals surface area contributed by atoms with Crippen LogP contribution in [0.1, 0.15) is 181 Å². The number of rotatable bonds is 43. The Bertz CT molecular complexity index is 1980. The summed E-state index contributed by atoms with van der Waals surface area (Å²) in [5.74, 6) is -1.41. The first kappa shape index (κ1) is 65.5. The molecule has 19 nitrogen and oxygen atoms in total. The molecular formula is C52H87N3O16P2. The number of hydrogen-bond acceptors (Lipinski definition) is 16.